The lowest BCUT2D eigenvalue weighted by molar-refractivity contribution is -0.176. The quantitative estimate of drug-likeness (QED) is 0.465. The monoisotopic (exact) mass is 553 g/mol. The number of hydrogen-bond donors (Lipinski definition) is 3. The predicted molar refractivity (Wildman–Crippen MR) is 133 cm³/mol. The van der Waals surface area contributed by atoms with E-state index in [1.54, 1.807) is 20.8 Å². The highest BCUT2D eigenvalue weighted by atomic mass is 19.4. The van der Waals surface area contributed by atoms with Gasteiger partial charge >= 0.3 is 12.1 Å². The number of halogens is 3. The van der Waals surface area contributed by atoms with Gasteiger partial charge in [-0.1, -0.05) is 33.6 Å². The van der Waals surface area contributed by atoms with Gasteiger partial charge in [0, 0.05) is 18.0 Å². The molecule has 0 aromatic carbocycles. The van der Waals surface area contributed by atoms with Gasteiger partial charge in [0.05, 0.1) is 6.07 Å². The SMILES string of the molecule is CC(C)(C)[C@H](NC(=O)C(F)(F)F)C(=O)N1C[C@@H]2CCCC[C@@H]2[C@H]1C(=O)N[C@H](C#N)C[C@@H]1CCC2(CC2)NC1=O. The van der Waals surface area contributed by atoms with Gasteiger partial charge in [0.25, 0.3) is 0 Å². The summed E-state index contributed by atoms with van der Waals surface area (Å²) in [5, 5.41) is 17.4. The Morgan fingerprint density at radius 1 is 1.10 bits per heavy atom. The standard InChI is InChI=1S/C27H38F3N5O4/c1-25(2,3)20(33-24(39)27(28,29)30)23(38)35-14-16-6-4-5-7-18(16)19(35)22(37)32-17(13-31)12-15-8-9-26(10-11-26)34-21(15)36/h15-20H,4-12,14H2,1-3H3,(H,32,37)(H,33,39)(H,34,36)/t15-,16-,17-,18-,19-,20+/m0/s1. The predicted octanol–water partition coefficient (Wildman–Crippen LogP) is 2.55. The molecule has 0 aromatic rings. The first-order chi connectivity index (χ1) is 18.1. The van der Waals surface area contributed by atoms with Crippen molar-refractivity contribution in [3.05, 3.63) is 0 Å². The molecule has 2 aliphatic heterocycles. The minimum atomic E-state index is -5.16. The van der Waals surface area contributed by atoms with Gasteiger partial charge in [0.2, 0.25) is 17.7 Å². The summed E-state index contributed by atoms with van der Waals surface area (Å²) in [5.74, 6) is -4.24. The number of fused-ring (bicyclic) bond motifs is 1. The molecule has 0 aromatic heterocycles. The van der Waals surface area contributed by atoms with Crippen LogP contribution in [0.2, 0.25) is 0 Å². The summed E-state index contributed by atoms with van der Waals surface area (Å²) in [6.45, 7) is 4.85. The highest BCUT2D eigenvalue weighted by Gasteiger charge is 2.53. The van der Waals surface area contributed by atoms with E-state index in [0.29, 0.717) is 12.8 Å². The van der Waals surface area contributed by atoms with Crippen molar-refractivity contribution in [2.75, 3.05) is 6.54 Å². The Morgan fingerprint density at radius 3 is 2.33 bits per heavy atom. The van der Waals surface area contributed by atoms with E-state index in [-0.39, 0.29) is 36.2 Å². The number of alkyl halides is 3. The Balaban J connectivity index is 1.51. The van der Waals surface area contributed by atoms with E-state index in [9.17, 15) is 37.6 Å². The largest absolute Gasteiger partial charge is 0.471 e. The number of nitriles is 1. The van der Waals surface area contributed by atoms with Gasteiger partial charge < -0.3 is 20.9 Å². The molecule has 4 amide bonds. The molecular formula is C27H38F3N5O4. The Labute approximate surface area is 226 Å². The molecule has 4 rings (SSSR count). The fourth-order valence-electron chi connectivity index (χ4n) is 6.51. The molecule has 2 saturated heterocycles. The zero-order valence-electron chi connectivity index (χ0n) is 22.7. The molecule has 4 aliphatic rings. The van der Waals surface area contributed by atoms with Gasteiger partial charge in [0.15, 0.2) is 0 Å². The molecule has 216 valence electrons. The molecule has 0 bridgehead atoms. The summed E-state index contributed by atoms with van der Waals surface area (Å²) in [5.41, 5.74) is -1.15. The lowest BCUT2D eigenvalue weighted by Crippen LogP contribution is -2.60. The van der Waals surface area contributed by atoms with Crippen molar-refractivity contribution in [1.29, 1.82) is 5.26 Å². The van der Waals surface area contributed by atoms with E-state index < -0.39 is 53.4 Å². The van der Waals surface area contributed by atoms with Crippen molar-refractivity contribution in [2.24, 2.45) is 23.2 Å². The maximum Gasteiger partial charge on any atom is 0.471 e. The summed E-state index contributed by atoms with van der Waals surface area (Å²) >= 11 is 0. The van der Waals surface area contributed by atoms with Crippen molar-refractivity contribution in [1.82, 2.24) is 20.9 Å². The van der Waals surface area contributed by atoms with Crippen molar-refractivity contribution in [3.8, 4) is 6.07 Å². The molecule has 9 nitrogen and oxygen atoms in total. The third-order valence-electron chi connectivity index (χ3n) is 8.91. The van der Waals surface area contributed by atoms with E-state index in [1.807, 2.05) is 5.32 Å². The molecule has 6 atom stereocenters. The number of rotatable bonds is 6. The summed E-state index contributed by atoms with van der Waals surface area (Å²) in [6, 6.07) is -1.36. The first-order valence-corrected chi connectivity index (χ1v) is 13.9. The molecule has 2 aliphatic carbocycles. The van der Waals surface area contributed by atoms with Gasteiger partial charge in [0.1, 0.15) is 18.1 Å². The van der Waals surface area contributed by atoms with Gasteiger partial charge in [-0.25, -0.2) is 0 Å². The van der Waals surface area contributed by atoms with Crippen molar-refractivity contribution in [2.45, 2.75) is 108 Å². The number of likely N-dealkylation sites (tertiary alicyclic amines) is 1. The van der Waals surface area contributed by atoms with Crippen LogP contribution in [0.5, 0.6) is 0 Å². The van der Waals surface area contributed by atoms with E-state index in [0.717, 1.165) is 38.5 Å². The third-order valence-corrected chi connectivity index (χ3v) is 8.91. The van der Waals surface area contributed by atoms with Gasteiger partial charge in [-0.3, -0.25) is 19.2 Å². The first-order valence-electron chi connectivity index (χ1n) is 13.9. The van der Waals surface area contributed by atoms with E-state index in [2.05, 4.69) is 16.7 Å². The Kier molecular flexibility index (Phi) is 7.94. The summed E-state index contributed by atoms with van der Waals surface area (Å²) in [6.07, 6.45) is 1.58. The van der Waals surface area contributed by atoms with Crippen LogP contribution in [0.25, 0.3) is 0 Å². The van der Waals surface area contributed by atoms with Crippen LogP contribution in [0.3, 0.4) is 0 Å². The highest BCUT2D eigenvalue weighted by molar-refractivity contribution is 5.94. The molecule has 4 fully saturated rings. The third kappa shape index (κ3) is 6.33. The normalized spacial score (nSPS) is 29.5. The zero-order chi connectivity index (χ0) is 28.8. The second-order valence-electron chi connectivity index (χ2n) is 12.8. The fourth-order valence-corrected chi connectivity index (χ4v) is 6.51. The Morgan fingerprint density at radius 2 is 1.77 bits per heavy atom. The van der Waals surface area contributed by atoms with Gasteiger partial charge in [-0.15, -0.1) is 0 Å². The summed E-state index contributed by atoms with van der Waals surface area (Å²) in [7, 11) is 0. The van der Waals surface area contributed by atoms with Crippen molar-refractivity contribution in [3.63, 3.8) is 0 Å². The maximum absolute atomic E-state index is 13.7. The summed E-state index contributed by atoms with van der Waals surface area (Å²) in [4.78, 5) is 53.1. The number of nitrogens with zero attached hydrogens (tertiary/aromatic N) is 2. The van der Waals surface area contributed by atoms with Crippen LogP contribution >= 0.6 is 0 Å². The zero-order valence-corrected chi connectivity index (χ0v) is 22.7. The first kappa shape index (κ1) is 29.2. The number of amides is 4. The average molecular weight is 554 g/mol. The van der Waals surface area contributed by atoms with Crippen LogP contribution in [0.15, 0.2) is 0 Å². The highest BCUT2D eigenvalue weighted by Crippen LogP contribution is 2.44. The van der Waals surface area contributed by atoms with Crippen LogP contribution < -0.4 is 16.0 Å². The molecule has 2 saturated carbocycles. The summed E-state index contributed by atoms with van der Waals surface area (Å²) < 4.78 is 39.2. The smallest absolute Gasteiger partial charge is 0.350 e. The second kappa shape index (κ2) is 10.6. The number of hydrogen-bond acceptors (Lipinski definition) is 5. The van der Waals surface area contributed by atoms with Crippen LogP contribution in [-0.4, -0.2) is 64.9 Å². The molecule has 12 heteroatoms. The molecule has 2 heterocycles. The van der Waals surface area contributed by atoms with Crippen LogP contribution in [0.4, 0.5) is 13.2 Å². The topological polar surface area (TPSA) is 131 Å². The lowest BCUT2D eigenvalue weighted by atomic mass is 9.78. The second-order valence-corrected chi connectivity index (χ2v) is 12.8. The molecule has 1 spiro atoms. The van der Waals surface area contributed by atoms with Gasteiger partial charge in [-0.05, 0) is 62.2 Å². The number of carbonyl (C=O) groups excluding carboxylic acids is 4. The van der Waals surface area contributed by atoms with Gasteiger partial charge in [-0.2, -0.15) is 18.4 Å². The molecule has 39 heavy (non-hydrogen) atoms. The minimum Gasteiger partial charge on any atom is -0.350 e. The molecule has 3 N–H and O–H groups in total. The van der Waals surface area contributed by atoms with E-state index in [1.165, 1.54) is 4.90 Å². The van der Waals surface area contributed by atoms with Crippen LogP contribution in [-0.2, 0) is 19.2 Å². The molecule has 0 radical (unpaired) electrons. The van der Waals surface area contributed by atoms with E-state index >= 15 is 0 Å². The Hall–Kier alpha value is -2.84. The van der Waals surface area contributed by atoms with Crippen LogP contribution in [0.1, 0.15) is 78.6 Å². The minimum absolute atomic E-state index is 0.00299. The number of nitrogens with one attached hydrogen (secondary N) is 3. The molecular weight excluding hydrogens is 515 g/mol. The van der Waals surface area contributed by atoms with Crippen molar-refractivity contribution >= 4 is 23.6 Å². The number of carbonyl (C=O) groups is 4. The van der Waals surface area contributed by atoms with Crippen LogP contribution in [0, 0.1) is 34.5 Å². The van der Waals surface area contributed by atoms with Crippen molar-refractivity contribution < 1.29 is 32.3 Å². The Bertz CT molecular complexity index is 1050. The average Bonchev–Trinajstić information content (AvgIpc) is 3.48. The molecule has 0 unspecified atom stereocenters. The maximum atomic E-state index is 13.7. The number of piperidine rings is 1. The lowest BCUT2D eigenvalue weighted by Gasteiger charge is -2.36. The van der Waals surface area contributed by atoms with E-state index in [4.69, 9.17) is 0 Å². The fraction of sp³-hybridized carbons (Fsp3) is 0.815.